The Balaban J connectivity index is 1.54. The molecule has 1 aliphatic rings. The van der Waals surface area contributed by atoms with Crippen LogP contribution < -0.4 is 5.32 Å². The second-order valence-corrected chi connectivity index (χ2v) is 8.60. The second-order valence-electron chi connectivity index (χ2n) is 7.65. The zero-order chi connectivity index (χ0) is 21.0. The first-order valence-electron chi connectivity index (χ1n) is 10.1. The quantitative estimate of drug-likeness (QED) is 0.634. The number of benzene rings is 1. The van der Waals surface area contributed by atoms with E-state index in [1.807, 2.05) is 19.1 Å². The highest BCUT2D eigenvalue weighted by molar-refractivity contribution is 7.13. The number of hydrogen-bond donors (Lipinski definition) is 1. The number of aromatic nitrogens is 3. The average Bonchev–Trinajstić information content (AvgIpc) is 3.51. The van der Waals surface area contributed by atoms with Gasteiger partial charge in [0, 0.05) is 24.5 Å². The summed E-state index contributed by atoms with van der Waals surface area (Å²) < 4.78 is 1.51. The Morgan fingerprint density at radius 3 is 2.90 bits per heavy atom. The van der Waals surface area contributed by atoms with Crippen molar-refractivity contribution < 1.29 is 9.59 Å². The molecule has 1 atom stereocenters. The fraction of sp³-hybridized carbons (Fsp3) is 0.364. The van der Waals surface area contributed by atoms with E-state index in [0.717, 1.165) is 11.1 Å². The summed E-state index contributed by atoms with van der Waals surface area (Å²) in [5, 5.41) is 9.07. The van der Waals surface area contributed by atoms with Crippen LogP contribution in [0.2, 0.25) is 0 Å². The third-order valence-corrected chi connectivity index (χ3v) is 6.48. The molecule has 0 radical (unpaired) electrons. The van der Waals surface area contributed by atoms with Crippen LogP contribution >= 0.6 is 11.3 Å². The number of hydrogen-bond acceptors (Lipinski definition) is 5. The Kier molecular flexibility index (Phi) is 5.94. The molecule has 156 valence electrons. The number of likely N-dealkylation sites (tertiary alicyclic amines) is 1. The van der Waals surface area contributed by atoms with E-state index in [9.17, 15) is 9.59 Å². The van der Waals surface area contributed by atoms with Gasteiger partial charge in [0.15, 0.2) is 0 Å². The van der Waals surface area contributed by atoms with E-state index in [0.29, 0.717) is 32.5 Å². The summed E-state index contributed by atoms with van der Waals surface area (Å²) in [6.07, 6.45) is 4.19. The van der Waals surface area contributed by atoms with Crippen LogP contribution in [-0.4, -0.2) is 51.1 Å². The van der Waals surface area contributed by atoms with Crippen molar-refractivity contribution in [1.29, 1.82) is 0 Å². The van der Waals surface area contributed by atoms with E-state index >= 15 is 0 Å². The first-order valence-corrected chi connectivity index (χ1v) is 11.0. The summed E-state index contributed by atoms with van der Waals surface area (Å²) in [6.45, 7) is 3.61. The molecular formula is C22H25N5O2S. The van der Waals surface area contributed by atoms with Gasteiger partial charge < -0.3 is 10.2 Å². The molecule has 3 heterocycles. The summed E-state index contributed by atoms with van der Waals surface area (Å²) in [5.74, 6) is -0.0263. The highest BCUT2D eigenvalue weighted by Crippen LogP contribution is 2.36. The Bertz CT molecular complexity index is 1000. The predicted molar refractivity (Wildman–Crippen MR) is 116 cm³/mol. The maximum atomic E-state index is 13.1. The van der Waals surface area contributed by atoms with Crippen molar-refractivity contribution in [2.45, 2.75) is 26.3 Å². The third-order valence-electron chi connectivity index (χ3n) is 5.56. The zero-order valence-electron chi connectivity index (χ0n) is 17.0. The minimum absolute atomic E-state index is 0.0163. The lowest BCUT2D eigenvalue weighted by molar-refractivity contribution is -0.133. The number of thiophene rings is 1. The standard InChI is InChI=1S/C22H25N5O2S/c1-2-24-21(29)22(8-9-26(14-22)20(28)13-27-16-23-15-25-27)12-17-5-3-6-18(11-17)19-7-4-10-30-19/h3-7,10-11,15-16H,2,8-9,12-14H2,1H3,(H,24,29)/t22-/m0/s1. The van der Waals surface area contributed by atoms with Crippen molar-refractivity contribution in [3.63, 3.8) is 0 Å². The number of carbonyl (C=O) groups is 2. The fourth-order valence-electron chi connectivity index (χ4n) is 4.06. The van der Waals surface area contributed by atoms with E-state index < -0.39 is 5.41 Å². The zero-order valence-corrected chi connectivity index (χ0v) is 17.8. The Morgan fingerprint density at radius 2 is 2.17 bits per heavy atom. The molecule has 8 heteroatoms. The van der Waals surface area contributed by atoms with Gasteiger partial charge in [-0.05, 0) is 42.3 Å². The Morgan fingerprint density at radius 1 is 1.27 bits per heavy atom. The van der Waals surface area contributed by atoms with E-state index in [-0.39, 0.29) is 18.4 Å². The van der Waals surface area contributed by atoms with Gasteiger partial charge >= 0.3 is 0 Å². The van der Waals surface area contributed by atoms with Gasteiger partial charge in [-0.3, -0.25) is 9.59 Å². The van der Waals surface area contributed by atoms with E-state index in [1.54, 1.807) is 16.2 Å². The molecular weight excluding hydrogens is 398 g/mol. The van der Waals surface area contributed by atoms with Gasteiger partial charge in [0.05, 0.1) is 5.41 Å². The maximum Gasteiger partial charge on any atom is 0.244 e. The van der Waals surface area contributed by atoms with Crippen LogP contribution in [0.25, 0.3) is 10.4 Å². The van der Waals surface area contributed by atoms with Crippen LogP contribution in [0.1, 0.15) is 18.9 Å². The molecule has 0 aliphatic carbocycles. The largest absolute Gasteiger partial charge is 0.356 e. The Labute approximate surface area is 179 Å². The van der Waals surface area contributed by atoms with Crippen LogP contribution in [0.4, 0.5) is 0 Å². The van der Waals surface area contributed by atoms with Gasteiger partial charge in [0.2, 0.25) is 11.8 Å². The van der Waals surface area contributed by atoms with Crippen LogP contribution in [0.5, 0.6) is 0 Å². The molecule has 1 aromatic carbocycles. The molecule has 4 rings (SSSR count). The summed E-state index contributed by atoms with van der Waals surface area (Å²) in [6, 6.07) is 12.5. The molecule has 1 saturated heterocycles. The van der Waals surface area contributed by atoms with Crippen molar-refractivity contribution >= 4 is 23.2 Å². The van der Waals surface area contributed by atoms with Gasteiger partial charge in [0.1, 0.15) is 19.2 Å². The fourth-order valence-corrected chi connectivity index (χ4v) is 4.79. The number of nitrogens with zero attached hydrogens (tertiary/aromatic N) is 4. The van der Waals surface area contributed by atoms with Gasteiger partial charge in [-0.2, -0.15) is 5.10 Å². The molecule has 2 amide bonds. The van der Waals surface area contributed by atoms with Crippen molar-refractivity contribution in [1.82, 2.24) is 25.0 Å². The minimum Gasteiger partial charge on any atom is -0.356 e. The molecule has 0 spiro atoms. The number of nitrogens with one attached hydrogen (secondary N) is 1. The van der Waals surface area contributed by atoms with Crippen molar-refractivity contribution in [3.8, 4) is 10.4 Å². The molecule has 1 N–H and O–H groups in total. The average molecular weight is 424 g/mol. The summed E-state index contributed by atoms with van der Waals surface area (Å²) >= 11 is 1.70. The normalized spacial score (nSPS) is 18.5. The summed E-state index contributed by atoms with van der Waals surface area (Å²) in [5.41, 5.74) is 1.64. The molecule has 0 saturated carbocycles. The first kappa shape index (κ1) is 20.3. The van der Waals surface area contributed by atoms with E-state index in [4.69, 9.17) is 0 Å². The topological polar surface area (TPSA) is 80.1 Å². The molecule has 30 heavy (non-hydrogen) atoms. The van der Waals surface area contributed by atoms with Crippen LogP contribution in [0.3, 0.4) is 0 Å². The predicted octanol–water partition coefficient (Wildman–Crippen LogP) is 2.60. The number of amides is 2. The Hall–Kier alpha value is -3.00. The van der Waals surface area contributed by atoms with Gasteiger partial charge in [-0.25, -0.2) is 9.67 Å². The molecule has 1 aliphatic heterocycles. The smallest absolute Gasteiger partial charge is 0.244 e. The SMILES string of the molecule is CCNC(=O)[C@]1(Cc2cccc(-c3cccs3)c2)CCN(C(=O)Cn2cncn2)C1. The second kappa shape index (κ2) is 8.79. The van der Waals surface area contributed by atoms with Crippen LogP contribution in [0.15, 0.2) is 54.4 Å². The number of carbonyl (C=O) groups excluding carboxylic acids is 2. The van der Waals surface area contributed by atoms with Gasteiger partial charge in [0.25, 0.3) is 0 Å². The molecule has 0 bridgehead atoms. The lowest BCUT2D eigenvalue weighted by Crippen LogP contribution is -2.45. The number of rotatable bonds is 7. The molecule has 3 aromatic rings. The van der Waals surface area contributed by atoms with Crippen LogP contribution in [-0.2, 0) is 22.6 Å². The van der Waals surface area contributed by atoms with Crippen molar-refractivity contribution in [2.75, 3.05) is 19.6 Å². The lowest BCUT2D eigenvalue weighted by atomic mass is 9.79. The highest BCUT2D eigenvalue weighted by Gasteiger charge is 2.45. The molecule has 1 fully saturated rings. The monoisotopic (exact) mass is 423 g/mol. The van der Waals surface area contributed by atoms with Gasteiger partial charge in [-0.1, -0.05) is 30.3 Å². The molecule has 7 nitrogen and oxygen atoms in total. The van der Waals surface area contributed by atoms with Crippen LogP contribution in [0, 0.1) is 5.41 Å². The van der Waals surface area contributed by atoms with E-state index in [2.05, 4.69) is 45.0 Å². The van der Waals surface area contributed by atoms with E-state index in [1.165, 1.54) is 22.2 Å². The maximum absolute atomic E-state index is 13.1. The lowest BCUT2D eigenvalue weighted by Gasteiger charge is -2.28. The minimum atomic E-state index is -0.623. The molecule has 0 unspecified atom stereocenters. The summed E-state index contributed by atoms with van der Waals surface area (Å²) in [7, 11) is 0. The highest BCUT2D eigenvalue weighted by atomic mass is 32.1. The van der Waals surface area contributed by atoms with Gasteiger partial charge in [-0.15, -0.1) is 11.3 Å². The first-order chi connectivity index (χ1) is 14.6. The third kappa shape index (κ3) is 4.28. The van der Waals surface area contributed by atoms with Crippen molar-refractivity contribution in [3.05, 3.63) is 60.0 Å². The molecule has 2 aromatic heterocycles. The summed E-state index contributed by atoms with van der Waals surface area (Å²) in [4.78, 5) is 32.7. The van der Waals surface area contributed by atoms with Crippen molar-refractivity contribution in [2.24, 2.45) is 5.41 Å².